The summed E-state index contributed by atoms with van der Waals surface area (Å²) in [5.74, 6) is -1.37. The SMILES string of the molecule is CCC1CC(F)CN1CC.COc1nc2c3c(nc(-c4nc(N)cc(C)c4C(F)(F)F)c(F)c3n1)OCCN2CCO. The molecule has 0 aliphatic carbocycles. The monoisotopic (exact) mass is 599 g/mol. The Balaban J connectivity index is 0.000000343. The average Bonchev–Trinajstić information content (AvgIpc) is 3.22. The molecule has 1 fully saturated rings. The lowest BCUT2D eigenvalue weighted by Gasteiger charge is -2.21. The number of halogens is 5. The number of nitrogens with zero attached hydrogens (tertiary/aromatic N) is 6. The van der Waals surface area contributed by atoms with Gasteiger partial charge in [0.1, 0.15) is 46.7 Å². The molecule has 1 saturated heterocycles. The number of aryl methyl sites for hydroxylation is 1. The Hall–Kier alpha value is -3.59. The number of alkyl halides is 4. The Kier molecular flexibility index (Phi) is 9.50. The van der Waals surface area contributed by atoms with E-state index in [1.165, 1.54) is 14.0 Å². The third-order valence-corrected chi connectivity index (χ3v) is 7.26. The molecular formula is C27H34F5N7O3. The third kappa shape index (κ3) is 6.26. The summed E-state index contributed by atoms with van der Waals surface area (Å²) < 4.78 is 80.5. The van der Waals surface area contributed by atoms with Crippen molar-refractivity contribution in [1.29, 1.82) is 0 Å². The second kappa shape index (κ2) is 12.7. The molecule has 2 atom stereocenters. The molecule has 2 aliphatic heterocycles. The molecule has 0 saturated carbocycles. The summed E-state index contributed by atoms with van der Waals surface area (Å²) in [4.78, 5) is 19.9. The first-order valence-corrected chi connectivity index (χ1v) is 13.6. The summed E-state index contributed by atoms with van der Waals surface area (Å²) in [5, 5.41) is 9.42. The minimum atomic E-state index is -4.84. The van der Waals surface area contributed by atoms with Crippen molar-refractivity contribution >= 4 is 22.5 Å². The first kappa shape index (κ1) is 31.3. The molecule has 0 aromatic carbocycles. The molecule has 3 N–H and O–H groups in total. The molecule has 10 nitrogen and oxygen atoms in total. The van der Waals surface area contributed by atoms with Crippen LogP contribution in [0.5, 0.6) is 11.9 Å². The van der Waals surface area contributed by atoms with Crippen LogP contribution in [0.1, 0.15) is 37.8 Å². The molecule has 0 spiro atoms. The first-order chi connectivity index (χ1) is 19.9. The maximum Gasteiger partial charge on any atom is 0.418 e. The van der Waals surface area contributed by atoms with Gasteiger partial charge in [-0.25, -0.2) is 18.7 Å². The number of β-amino-alcohol motifs (C(OH)–C–C–N with tert-alkyl or cyclic N) is 1. The fourth-order valence-corrected chi connectivity index (χ4v) is 5.34. The quantitative estimate of drug-likeness (QED) is 0.400. The van der Waals surface area contributed by atoms with Crippen molar-refractivity contribution < 1.29 is 36.5 Å². The lowest BCUT2D eigenvalue weighted by atomic mass is 10.0. The summed E-state index contributed by atoms with van der Waals surface area (Å²) in [6, 6.07) is 1.35. The van der Waals surface area contributed by atoms with Gasteiger partial charge in [-0.1, -0.05) is 13.8 Å². The minimum Gasteiger partial charge on any atom is -0.475 e. The number of pyridine rings is 2. The molecule has 5 rings (SSSR count). The molecule has 5 heterocycles. The van der Waals surface area contributed by atoms with Crippen LogP contribution < -0.4 is 20.1 Å². The van der Waals surface area contributed by atoms with E-state index in [0.717, 1.165) is 25.5 Å². The maximum absolute atomic E-state index is 15.7. The molecule has 42 heavy (non-hydrogen) atoms. The zero-order chi connectivity index (χ0) is 30.8. The van der Waals surface area contributed by atoms with Crippen LogP contribution in [0.15, 0.2) is 6.07 Å². The second-order valence-corrected chi connectivity index (χ2v) is 9.96. The van der Waals surface area contributed by atoms with E-state index >= 15 is 4.39 Å². The van der Waals surface area contributed by atoms with Crippen LogP contribution in [0.2, 0.25) is 0 Å². The van der Waals surface area contributed by atoms with Crippen molar-refractivity contribution in [2.24, 2.45) is 0 Å². The fourth-order valence-electron chi connectivity index (χ4n) is 5.34. The Bertz CT molecular complexity index is 1410. The van der Waals surface area contributed by atoms with Crippen molar-refractivity contribution in [3.05, 3.63) is 23.0 Å². The average molecular weight is 600 g/mol. The minimum absolute atomic E-state index is 0.0483. The Morgan fingerprint density at radius 2 is 1.90 bits per heavy atom. The van der Waals surface area contributed by atoms with Gasteiger partial charge in [0.15, 0.2) is 5.82 Å². The van der Waals surface area contributed by atoms with Gasteiger partial charge in [-0.05, 0) is 37.9 Å². The summed E-state index contributed by atoms with van der Waals surface area (Å²) in [6.07, 6.45) is -3.56. The van der Waals surface area contributed by atoms with E-state index in [2.05, 4.69) is 38.7 Å². The van der Waals surface area contributed by atoms with Gasteiger partial charge < -0.3 is 25.2 Å². The Labute approximate surface area is 239 Å². The van der Waals surface area contributed by atoms with Crippen LogP contribution in [0.3, 0.4) is 0 Å². The molecule has 15 heteroatoms. The van der Waals surface area contributed by atoms with E-state index in [1.54, 1.807) is 4.90 Å². The van der Waals surface area contributed by atoms with Gasteiger partial charge in [0.25, 0.3) is 0 Å². The van der Waals surface area contributed by atoms with Crippen LogP contribution in [0, 0.1) is 12.7 Å². The number of anilines is 2. The number of rotatable bonds is 6. The highest BCUT2D eigenvalue weighted by Crippen LogP contribution is 2.43. The molecule has 2 aliphatic rings. The smallest absolute Gasteiger partial charge is 0.418 e. The van der Waals surface area contributed by atoms with Crippen LogP contribution in [-0.4, -0.2) is 88.7 Å². The summed E-state index contributed by atoms with van der Waals surface area (Å²) in [7, 11) is 1.27. The standard InChI is InChI=1S/C19H18F4N6O3.C8H16FN/c1-8-7-9(24)25-14(11(8)19(21,22)23)15-12(20)13-10-16(28-18(27-13)31-2)29(3-5-30)4-6-32-17(10)26-15;1-3-8-5-7(9)6-10(8)4-2/h7,30H,3-6H2,1-2H3,(H2,24,25);7-8H,3-6H2,1-2H3. The van der Waals surface area contributed by atoms with Gasteiger partial charge in [0, 0.05) is 19.1 Å². The number of methoxy groups -OCH3 is 1. The van der Waals surface area contributed by atoms with Crippen LogP contribution >= 0.6 is 0 Å². The molecule has 0 radical (unpaired) electrons. The number of hydrogen-bond donors (Lipinski definition) is 2. The number of aliphatic hydroxyl groups is 1. The largest absolute Gasteiger partial charge is 0.475 e. The van der Waals surface area contributed by atoms with Gasteiger partial charge in [-0.2, -0.15) is 23.1 Å². The molecule has 0 bridgehead atoms. The predicted octanol–water partition coefficient (Wildman–Crippen LogP) is 4.16. The van der Waals surface area contributed by atoms with Gasteiger partial charge in [0.2, 0.25) is 5.88 Å². The highest BCUT2D eigenvalue weighted by molar-refractivity contribution is 5.97. The fraction of sp³-hybridized carbons (Fsp3) is 0.556. The second-order valence-electron chi connectivity index (χ2n) is 9.96. The van der Waals surface area contributed by atoms with E-state index in [4.69, 9.17) is 15.2 Å². The van der Waals surface area contributed by atoms with Gasteiger partial charge in [0.05, 0.1) is 25.8 Å². The topological polar surface area (TPSA) is 123 Å². The lowest BCUT2D eigenvalue weighted by Crippen LogP contribution is -2.30. The molecule has 230 valence electrons. The van der Waals surface area contributed by atoms with Crippen molar-refractivity contribution in [3.8, 4) is 23.3 Å². The van der Waals surface area contributed by atoms with E-state index in [1.807, 2.05) is 0 Å². The first-order valence-electron chi connectivity index (χ1n) is 13.6. The third-order valence-electron chi connectivity index (χ3n) is 7.26. The van der Waals surface area contributed by atoms with E-state index in [9.17, 15) is 22.7 Å². The van der Waals surface area contributed by atoms with Gasteiger partial charge >= 0.3 is 12.2 Å². The molecule has 3 aromatic heterocycles. The van der Waals surface area contributed by atoms with E-state index in [0.29, 0.717) is 12.6 Å². The summed E-state index contributed by atoms with van der Waals surface area (Å²) in [6.45, 7) is 7.33. The summed E-state index contributed by atoms with van der Waals surface area (Å²) in [5.41, 5.74) is 2.43. The van der Waals surface area contributed by atoms with Crippen molar-refractivity contribution in [2.75, 3.05) is 57.1 Å². The van der Waals surface area contributed by atoms with Crippen LogP contribution in [0.4, 0.5) is 33.6 Å². The predicted molar refractivity (Wildman–Crippen MR) is 147 cm³/mol. The van der Waals surface area contributed by atoms with E-state index in [-0.39, 0.29) is 66.3 Å². The highest BCUT2D eigenvalue weighted by Gasteiger charge is 2.39. The van der Waals surface area contributed by atoms with Crippen molar-refractivity contribution in [1.82, 2.24) is 24.8 Å². The lowest BCUT2D eigenvalue weighted by molar-refractivity contribution is -0.137. The van der Waals surface area contributed by atoms with Crippen LogP contribution in [0.25, 0.3) is 22.3 Å². The van der Waals surface area contributed by atoms with E-state index < -0.39 is 35.1 Å². The normalized spacial score (nSPS) is 18.9. The van der Waals surface area contributed by atoms with Gasteiger partial charge in [-0.3, -0.25) is 4.90 Å². The zero-order valence-electron chi connectivity index (χ0n) is 23.8. The molecular weight excluding hydrogens is 565 g/mol. The number of likely N-dealkylation sites (tertiary alicyclic amines) is 1. The number of ether oxygens (including phenoxy) is 2. The van der Waals surface area contributed by atoms with Crippen molar-refractivity contribution in [2.45, 2.75) is 52.0 Å². The molecule has 2 unspecified atom stereocenters. The molecule has 3 aromatic rings. The van der Waals surface area contributed by atoms with Gasteiger partial charge in [-0.15, -0.1) is 0 Å². The van der Waals surface area contributed by atoms with Crippen molar-refractivity contribution in [3.63, 3.8) is 0 Å². The zero-order valence-corrected chi connectivity index (χ0v) is 23.8. The number of nitrogen functional groups attached to an aromatic ring is 1. The number of nitrogens with two attached hydrogens (primary N) is 1. The summed E-state index contributed by atoms with van der Waals surface area (Å²) >= 11 is 0. The maximum atomic E-state index is 15.7. The Morgan fingerprint density at radius 1 is 1.17 bits per heavy atom. The molecule has 0 amide bonds. The Morgan fingerprint density at radius 3 is 2.50 bits per heavy atom. The highest BCUT2D eigenvalue weighted by atomic mass is 19.4. The number of aliphatic hydroxyl groups excluding tert-OH is 1. The van der Waals surface area contributed by atoms with Crippen LogP contribution in [-0.2, 0) is 6.18 Å². The number of hydrogen-bond acceptors (Lipinski definition) is 10. The number of aromatic nitrogens is 4.